The van der Waals surface area contributed by atoms with Gasteiger partial charge in [0.05, 0.1) is 41.9 Å². The number of rotatable bonds is 2. The minimum Gasteiger partial charge on any atom is -0.336 e. The number of carbonyl (C=O) groups excluding carboxylic acids is 2. The van der Waals surface area contributed by atoms with Gasteiger partial charge in [-0.05, 0) is 18.2 Å². The van der Waals surface area contributed by atoms with Crippen molar-refractivity contribution < 1.29 is 14.8 Å². The highest BCUT2D eigenvalue weighted by atomic mass is 79.9. The quantitative estimate of drug-likeness (QED) is 0.620. The van der Waals surface area contributed by atoms with Crippen molar-refractivity contribution >= 4 is 27.7 Å². The number of hydroxylamine groups is 1. The highest BCUT2D eigenvalue weighted by Gasteiger charge is 2.26. The van der Waals surface area contributed by atoms with E-state index < -0.39 is 5.91 Å². The molecule has 2 N–H and O–H groups in total. The molecule has 114 valence electrons. The molecule has 0 unspecified atom stereocenters. The lowest BCUT2D eigenvalue weighted by Gasteiger charge is -2.14. The van der Waals surface area contributed by atoms with E-state index in [1.165, 1.54) is 0 Å². The molecule has 0 fully saturated rings. The van der Waals surface area contributed by atoms with E-state index in [2.05, 4.69) is 20.9 Å². The van der Waals surface area contributed by atoms with Crippen molar-refractivity contribution in [3.8, 4) is 5.69 Å². The zero-order valence-corrected chi connectivity index (χ0v) is 13.3. The summed E-state index contributed by atoms with van der Waals surface area (Å²) in [5.74, 6) is -0.645. The summed E-state index contributed by atoms with van der Waals surface area (Å²) in [5, 5.41) is 8.67. The van der Waals surface area contributed by atoms with Crippen molar-refractivity contribution in [1.82, 2.24) is 19.9 Å². The van der Waals surface area contributed by atoms with Gasteiger partial charge in [0, 0.05) is 11.5 Å². The number of hydrogen-bond acceptors (Lipinski definition) is 4. The second kappa shape index (κ2) is 5.54. The molecule has 3 rings (SSSR count). The second-order valence-electron chi connectivity index (χ2n) is 5.04. The summed E-state index contributed by atoms with van der Waals surface area (Å²) in [6.07, 6.45) is 1.54. The van der Waals surface area contributed by atoms with Gasteiger partial charge >= 0.3 is 0 Å². The maximum absolute atomic E-state index is 12.5. The topological polar surface area (TPSA) is 87.5 Å². The first-order chi connectivity index (χ1) is 10.5. The summed E-state index contributed by atoms with van der Waals surface area (Å²) in [6, 6.07) is 5.45. The van der Waals surface area contributed by atoms with E-state index in [9.17, 15) is 9.59 Å². The number of imidazole rings is 1. The normalized spacial score (nSPS) is 13.4. The van der Waals surface area contributed by atoms with Gasteiger partial charge in [-0.3, -0.25) is 14.8 Å². The molecular weight excluding hydrogens is 352 g/mol. The first kappa shape index (κ1) is 14.7. The van der Waals surface area contributed by atoms with Crippen LogP contribution in [0, 0.1) is 0 Å². The van der Waals surface area contributed by atoms with Crippen LogP contribution in [0.15, 0.2) is 29.0 Å². The first-order valence-electron chi connectivity index (χ1n) is 6.54. The van der Waals surface area contributed by atoms with E-state index in [1.54, 1.807) is 29.8 Å². The monoisotopic (exact) mass is 364 g/mol. The molecule has 1 aliphatic rings. The summed E-state index contributed by atoms with van der Waals surface area (Å²) in [6.45, 7) is 0.333. The van der Waals surface area contributed by atoms with Crippen molar-refractivity contribution in [3.05, 3.63) is 46.0 Å². The van der Waals surface area contributed by atoms with Crippen LogP contribution in [0.4, 0.5) is 0 Å². The predicted molar refractivity (Wildman–Crippen MR) is 80.7 cm³/mol. The van der Waals surface area contributed by atoms with Crippen LogP contribution in [-0.2, 0) is 17.8 Å². The summed E-state index contributed by atoms with van der Waals surface area (Å²) in [7, 11) is 1.70. The number of hydrogen-bond donors (Lipinski definition) is 2. The Morgan fingerprint density at radius 3 is 3.00 bits per heavy atom. The fraction of sp³-hybridized carbons (Fsp3) is 0.214. The van der Waals surface area contributed by atoms with Crippen LogP contribution in [0.1, 0.15) is 21.7 Å². The Balaban J connectivity index is 2.15. The summed E-state index contributed by atoms with van der Waals surface area (Å²) < 4.78 is 2.62. The maximum atomic E-state index is 12.5. The molecule has 7 nitrogen and oxygen atoms in total. The molecule has 2 aromatic rings. The molecule has 1 aromatic heterocycles. The van der Waals surface area contributed by atoms with Crippen LogP contribution in [0.2, 0.25) is 0 Å². The third-order valence-electron chi connectivity index (χ3n) is 3.59. The van der Waals surface area contributed by atoms with Crippen molar-refractivity contribution in [2.75, 3.05) is 7.05 Å². The SMILES string of the molecule is CN1Cc2c(CC(=O)NO)ncn2-c2ccc(Br)cc2C1=O. The number of fused-ring (bicyclic) bond motifs is 3. The van der Waals surface area contributed by atoms with Crippen LogP contribution >= 0.6 is 15.9 Å². The van der Waals surface area contributed by atoms with Gasteiger partial charge in [0.2, 0.25) is 5.91 Å². The van der Waals surface area contributed by atoms with E-state index in [-0.39, 0.29) is 12.3 Å². The molecular formula is C14H13BrN4O3. The highest BCUT2D eigenvalue weighted by Crippen LogP contribution is 2.28. The lowest BCUT2D eigenvalue weighted by Crippen LogP contribution is -2.26. The molecule has 0 saturated carbocycles. The van der Waals surface area contributed by atoms with E-state index in [0.29, 0.717) is 17.8 Å². The lowest BCUT2D eigenvalue weighted by atomic mass is 10.1. The van der Waals surface area contributed by atoms with Crippen LogP contribution in [0.3, 0.4) is 0 Å². The Bertz CT molecular complexity index is 771. The summed E-state index contributed by atoms with van der Waals surface area (Å²) >= 11 is 3.37. The van der Waals surface area contributed by atoms with Crippen LogP contribution < -0.4 is 5.48 Å². The Morgan fingerprint density at radius 2 is 2.27 bits per heavy atom. The van der Waals surface area contributed by atoms with Crippen LogP contribution in [0.25, 0.3) is 5.69 Å². The fourth-order valence-electron chi connectivity index (χ4n) is 2.52. The zero-order valence-electron chi connectivity index (χ0n) is 11.7. The lowest BCUT2D eigenvalue weighted by molar-refractivity contribution is -0.128. The number of nitrogens with zero attached hydrogens (tertiary/aromatic N) is 3. The van der Waals surface area contributed by atoms with Crippen molar-refractivity contribution in [2.24, 2.45) is 0 Å². The third kappa shape index (κ3) is 2.40. The molecule has 0 radical (unpaired) electrons. The predicted octanol–water partition coefficient (Wildman–Crippen LogP) is 1.27. The standard InChI is InChI=1S/C14H13BrN4O3/c1-18-6-12-10(5-13(20)17-22)16-7-19(12)11-3-2-8(15)4-9(11)14(18)21/h2-4,7,22H,5-6H2,1H3,(H,17,20). The maximum Gasteiger partial charge on any atom is 0.256 e. The average Bonchev–Trinajstić information content (AvgIpc) is 2.84. The summed E-state index contributed by atoms with van der Waals surface area (Å²) in [5.41, 5.74) is 4.16. The Hall–Kier alpha value is -2.19. The van der Waals surface area contributed by atoms with Gasteiger partial charge in [-0.15, -0.1) is 0 Å². The molecule has 8 heteroatoms. The molecule has 1 aromatic carbocycles. The van der Waals surface area contributed by atoms with Crippen molar-refractivity contribution in [1.29, 1.82) is 0 Å². The van der Waals surface area contributed by atoms with Crippen molar-refractivity contribution in [2.45, 2.75) is 13.0 Å². The number of nitrogens with one attached hydrogen (secondary N) is 1. The molecule has 0 saturated heterocycles. The van der Waals surface area contributed by atoms with Gasteiger partial charge in [0.15, 0.2) is 0 Å². The Labute approximate surface area is 134 Å². The number of amides is 2. The average molecular weight is 365 g/mol. The van der Waals surface area contributed by atoms with E-state index in [0.717, 1.165) is 15.9 Å². The van der Waals surface area contributed by atoms with Crippen LogP contribution in [-0.4, -0.2) is 38.5 Å². The highest BCUT2D eigenvalue weighted by molar-refractivity contribution is 9.10. The molecule has 2 amide bonds. The molecule has 1 aliphatic heterocycles. The molecule has 0 atom stereocenters. The van der Waals surface area contributed by atoms with Crippen LogP contribution in [0.5, 0.6) is 0 Å². The van der Waals surface area contributed by atoms with Gasteiger partial charge < -0.3 is 9.47 Å². The minimum atomic E-state index is -0.546. The first-order valence-corrected chi connectivity index (χ1v) is 7.34. The molecule has 22 heavy (non-hydrogen) atoms. The minimum absolute atomic E-state index is 0.0489. The van der Waals surface area contributed by atoms with Crippen molar-refractivity contribution in [3.63, 3.8) is 0 Å². The van der Waals surface area contributed by atoms with E-state index in [4.69, 9.17) is 5.21 Å². The Kier molecular flexibility index (Phi) is 3.71. The largest absolute Gasteiger partial charge is 0.336 e. The van der Waals surface area contributed by atoms with Gasteiger partial charge in [0.25, 0.3) is 5.91 Å². The number of aromatic nitrogens is 2. The number of benzene rings is 1. The molecule has 0 bridgehead atoms. The van der Waals surface area contributed by atoms with Gasteiger partial charge in [-0.1, -0.05) is 15.9 Å². The third-order valence-corrected chi connectivity index (χ3v) is 4.08. The number of halogens is 1. The Morgan fingerprint density at radius 1 is 1.50 bits per heavy atom. The van der Waals surface area contributed by atoms with Gasteiger partial charge in [0.1, 0.15) is 0 Å². The smallest absolute Gasteiger partial charge is 0.256 e. The zero-order chi connectivity index (χ0) is 15.9. The second-order valence-corrected chi connectivity index (χ2v) is 5.96. The van der Waals surface area contributed by atoms with E-state index >= 15 is 0 Å². The molecule has 0 aliphatic carbocycles. The molecule has 0 spiro atoms. The van der Waals surface area contributed by atoms with E-state index in [1.807, 2.05) is 16.7 Å². The van der Waals surface area contributed by atoms with Gasteiger partial charge in [-0.25, -0.2) is 10.5 Å². The summed E-state index contributed by atoms with van der Waals surface area (Å²) in [4.78, 5) is 29.7. The fourth-order valence-corrected chi connectivity index (χ4v) is 2.88. The molecule has 2 heterocycles. The number of carbonyl (C=O) groups is 2. The van der Waals surface area contributed by atoms with Gasteiger partial charge in [-0.2, -0.15) is 0 Å².